The average molecular weight is 207 g/mol. The van der Waals surface area contributed by atoms with Gasteiger partial charge >= 0.3 is 0 Å². The van der Waals surface area contributed by atoms with Crippen molar-refractivity contribution in [1.29, 1.82) is 5.26 Å². The number of aryl methyl sites for hydroxylation is 1. The van der Waals surface area contributed by atoms with Gasteiger partial charge in [0.15, 0.2) is 0 Å². The molecule has 0 bridgehead atoms. The van der Waals surface area contributed by atoms with Crippen molar-refractivity contribution in [2.24, 2.45) is 0 Å². The maximum Gasteiger partial charge on any atom is 0.135 e. The van der Waals surface area contributed by atoms with Crippen LogP contribution in [0.15, 0.2) is 40.8 Å². The highest BCUT2D eigenvalue weighted by Gasteiger charge is 2.07. The topological polar surface area (TPSA) is 36.9 Å². The Labute approximate surface area is 92.7 Å². The summed E-state index contributed by atoms with van der Waals surface area (Å²) in [5, 5.41) is 10.9. The number of hydrogen-bond donors (Lipinski definition) is 0. The predicted octanol–water partition coefficient (Wildman–Crippen LogP) is 3.77. The summed E-state index contributed by atoms with van der Waals surface area (Å²) in [4.78, 5) is 0. The largest absolute Gasteiger partial charge is 0.456 e. The fourth-order valence-corrected chi connectivity index (χ4v) is 1.95. The first kappa shape index (κ1) is 8.99. The Kier molecular flexibility index (Phi) is 1.75. The Morgan fingerprint density at radius 2 is 1.88 bits per heavy atom. The molecule has 0 saturated carbocycles. The van der Waals surface area contributed by atoms with Crippen LogP contribution in [-0.2, 0) is 0 Å². The second-order valence-corrected chi connectivity index (χ2v) is 3.92. The van der Waals surface area contributed by atoms with Crippen LogP contribution < -0.4 is 0 Å². The van der Waals surface area contributed by atoms with E-state index in [0.29, 0.717) is 5.56 Å². The zero-order valence-corrected chi connectivity index (χ0v) is 8.82. The molecule has 0 spiro atoms. The fourth-order valence-electron chi connectivity index (χ4n) is 1.95. The first-order valence-electron chi connectivity index (χ1n) is 5.11. The van der Waals surface area contributed by atoms with Crippen molar-refractivity contribution < 1.29 is 4.42 Å². The molecule has 0 aliphatic carbocycles. The molecule has 0 saturated heterocycles. The fraction of sp³-hybridized carbons (Fsp3) is 0.0714. The normalized spacial score (nSPS) is 10.8. The van der Waals surface area contributed by atoms with Gasteiger partial charge in [0.1, 0.15) is 11.2 Å². The highest BCUT2D eigenvalue weighted by atomic mass is 16.3. The van der Waals surface area contributed by atoms with E-state index < -0.39 is 0 Å². The van der Waals surface area contributed by atoms with Gasteiger partial charge < -0.3 is 4.42 Å². The first-order chi connectivity index (χ1) is 7.78. The van der Waals surface area contributed by atoms with E-state index in [1.54, 1.807) is 6.07 Å². The number of nitrogens with zero attached hydrogens (tertiary/aromatic N) is 1. The zero-order valence-electron chi connectivity index (χ0n) is 8.82. The molecule has 2 heteroatoms. The molecule has 3 aromatic rings. The number of fused-ring (bicyclic) bond motifs is 3. The maximum absolute atomic E-state index is 8.87. The van der Waals surface area contributed by atoms with Crippen LogP contribution in [0.4, 0.5) is 0 Å². The van der Waals surface area contributed by atoms with Gasteiger partial charge in [0.25, 0.3) is 0 Å². The third-order valence-electron chi connectivity index (χ3n) is 2.76. The van der Waals surface area contributed by atoms with Crippen molar-refractivity contribution >= 4 is 21.9 Å². The summed E-state index contributed by atoms with van der Waals surface area (Å²) in [6, 6.07) is 13.7. The summed E-state index contributed by atoms with van der Waals surface area (Å²) in [5.41, 5.74) is 3.55. The minimum absolute atomic E-state index is 0.663. The lowest BCUT2D eigenvalue weighted by Crippen LogP contribution is -1.73. The van der Waals surface area contributed by atoms with E-state index in [1.165, 1.54) is 5.56 Å². The summed E-state index contributed by atoms with van der Waals surface area (Å²) >= 11 is 0. The van der Waals surface area contributed by atoms with Gasteiger partial charge in [0.05, 0.1) is 11.6 Å². The molecular weight excluding hydrogens is 198 g/mol. The number of benzene rings is 2. The van der Waals surface area contributed by atoms with E-state index in [1.807, 2.05) is 31.2 Å². The quantitative estimate of drug-likeness (QED) is 0.562. The Bertz CT molecular complexity index is 731. The van der Waals surface area contributed by atoms with Crippen molar-refractivity contribution in [2.45, 2.75) is 6.92 Å². The van der Waals surface area contributed by atoms with Crippen LogP contribution in [0.2, 0.25) is 0 Å². The van der Waals surface area contributed by atoms with Crippen LogP contribution >= 0.6 is 0 Å². The minimum atomic E-state index is 0.663. The molecule has 0 aliphatic heterocycles. The summed E-state index contributed by atoms with van der Waals surface area (Å²) in [5.74, 6) is 0. The molecule has 0 radical (unpaired) electrons. The molecule has 0 unspecified atom stereocenters. The molecule has 0 amide bonds. The Morgan fingerprint density at radius 1 is 1.00 bits per heavy atom. The van der Waals surface area contributed by atoms with Crippen LogP contribution in [0.3, 0.4) is 0 Å². The van der Waals surface area contributed by atoms with Gasteiger partial charge in [-0.05, 0) is 36.8 Å². The van der Waals surface area contributed by atoms with Crippen molar-refractivity contribution in [3.8, 4) is 6.07 Å². The summed E-state index contributed by atoms with van der Waals surface area (Å²) in [6.45, 7) is 2.04. The second-order valence-electron chi connectivity index (χ2n) is 3.92. The minimum Gasteiger partial charge on any atom is -0.456 e. The van der Waals surface area contributed by atoms with E-state index in [2.05, 4.69) is 12.1 Å². The standard InChI is InChI=1S/C14H9NO/c1-9-2-4-11-12-7-10(8-15)3-5-13(12)16-14(11)6-9/h2-7H,1H3. The first-order valence-corrected chi connectivity index (χ1v) is 5.11. The molecule has 2 nitrogen and oxygen atoms in total. The molecular formula is C14H9NO. The molecule has 0 fully saturated rings. The van der Waals surface area contributed by atoms with Crippen molar-refractivity contribution in [1.82, 2.24) is 0 Å². The lowest BCUT2D eigenvalue weighted by atomic mass is 10.1. The number of hydrogen-bond acceptors (Lipinski definition) is 2. The zero-order chi connectivity index (χ0) is 11.1. The van der Waals surface area contributed by atoms with Crippen LogP contribution in [0.5, 0.6) is 0 Å². The van der Waals surface area contributed by atoms with Gasteiger partial charge in [0, 0.05) is 10.8 Å². The van der Waals surface area contributed by atoms with Crippen molar-refractivity contribution in [3.63, 3.8) is 0 Å². The third-order valence-corrected chi connectivity index (χ3v) is 2.76. The Hall–Kier alpha value is -2.27. The van der Waals surface area contributed by atoms with Gasteiger partial charge in [0.2, 0.25) is 0 Å². The lowest BCUT2D eigenvalue weighted by Gasteiger charge is -1.91. The van der Waals surface area contributed by atoms with Gasteiger partial charge in [-0.1, -0.05) is 12.1 Å². The molecule has 1 heterocycles. The molecule has 76 valence electrons. The highest BCUT2D eigenvalue weighted by molar-refractivity contribution is 6.05. The SMILES string of the molecule is Cc1ccc2c(c1)oc1ccc(C#N)cc12. The van der Waals surface area contributed by atoms with Gasteiger partial charge in [-0.3, -0.25) is 0 Å². The van der Waals surface area contributed by atoms with E-state index in [0.717, 1.165) is 21.9 Å². The number of nitriles is 1. The molecule has 1 aromatic heterocycles. The second kappa shape index (κ2) is 3.11. The average Bonchev–Trinajstić information content (AvgIpc) is 2.65. The van der Waals surface area contributed by atoms with Crippen molar-refractivity contribution in [2.75, 3.05) is 0 Å². The van der Waals surface area contributed by atoms with Crippen LogP contribution in [-0.4, -0.2) is 0 Å². The summed E-state index contributed by atoms with van der Waals surface area (Å²) in [6.07, 6.45) is 0. The van der Waals surface area contributed by atoms with Crippen molar-refractivity contribution in [3.05, 3.63) is 47.5 Å². The van der Waals surface area contributed by atoms with Crippen LogP contribution in [0, 0.1) is 18.3 Å². The van der Waals surface area contributed by atoms with E-state index in [4.69, 9.17) is 9.68 Å². The molecule has 2 aromatic carbocycles. The predicted molar refractivity (Wildman–Crippen MR) is 63.2 cm³/mol. The Morgan fingerprint density at radius 3 is 2.69 bits per heavy atom. The molecule has 0 aliphatic rings. The lowest BCUT2D eigenvalue weighted by molar-refractivity contribution is 0.668. The van der Waals surface area contributed by atoms with E-state index in [-0.39, 0.29) is 0 Å². The van der Waals surface area contributed by atoms with Crippen LogP contribution in [0.1, 0.15) is 11.1 Å². The number of rotatable bonds is 0. The van der Waals surface area contributed by atoms with Crippen LogP contribution in [0.25, 0.3) is 21.9 Å². The monoisotopic (exact) mass is 207 g/mol. The van der Waals surface area contributed by atoms with Gasteiger partial charge in [-0.15, -0.1) is 0 Å². The Balaban J connectivity index is 2.48. The number of furan rings is 1. The summed E-state index contributed by atoms with van der Waals surface area (Å²) in [7, 11) is 0. The maximum atomic E-state index is 8.87. The molecule has 16 heavy (non-hydrogen) atoms. The molecule has 0 atom stereocenters. The molecule has 0 N–H and O–H groups in total. The van der Waals surface area contributed by atoms with Gasteiger partial charge in [-0.25, -0.2) is 0 Å². The van der Waals surface area contributed by atoms with E-state index in [9.17, 15) is 0 Å². The van der Waals surface area contributed by atoms with E-state index >= 15 is 0 Å². The molecule has 3 rings (SSSR count). The smallest absolute Gasteiger partial charge is 0.135 e. The highest BCUT2D eigenvalue weighted by Crippen LogP contribution is 2.29. The van der Waals surface area contributed by atoms with Gasteiger partial charge in [-0.2, -0.15) is 5.26 Å². The summed E-state index contributed by atoms with van der Waals surface area (Å²) < 4.78 is 5.72. The third kappa shape index (κ3) is 1.19.